The molecule has 1 fully saturated rings. The average Bonchev–Trinajstić information content (AvgIpc) is 2.37. The summed E-state index contributed by atoms with van der Waals surface area (Å²) in [5.74, 6) is 0. The predicted molar refractivity (Wildman–Crippen MR) is 46.7 cm³/mol. The molecule has 0 spiro atoms. The van der Waals surface area contributed by atoms with Crippen LogP contribution in [0.4, 0.5) is 0 Å². The zero-order chi connectivity index (χ0) is 8.10. The van der Waals surface area contributed by atoms with Crippen LogP contribution in [-0.2, 0) is 4.74 Å². The first-order chi connectivity index (χ1) is 5.34. The van der Waals surface area contributed by atoms with Crippen LogP contribution in [0.5, 0.6) is 0 Å². The monoisotopic (exact) mass is 155 g/mol. The summed E-state index contributed by atoms with van der Waals surface area (Å²) in [6.07, 6.45) is 4.40. The van der Waals surface area contributed by atoms with Gasteiger partial charge < -0.3 is 9.64 Å². The standard InChI is InChI=1S/C9H17NO/c1-3-7-11-8-9-5-4-6-10(9)2/h3,9H,1,4-8H2,2H3/t9-/m0/s1. The lowest BCUT2D eigenvalue weighted by Crippen LogP contribution is -2.29. The van der Waals surface area contributed by atoms with Crippen molar-refractivity contribution in [1.29, 1.82) is 0 Å². The summed E-state index contributed by atoms with van der Waals surface area (Å²) in [5.41, 5.74) is 0. The molecular formula is C9H17NO. The van der Waals surface area contributed by atoms with Gasteiger partial charge in [-0.15, -0.1) is 6.58 Å². The Morgan fingerprint density at radius 3 is 3.09 bits per heavy atom. The maximum absolute atomic E-state index is 5.38. The van der Waals surface area contributed by atoms with E-state index < -0.39 is 0 Å². The van der Waals surface area contributed by atoms with Crippen LogP contribution in [-0.4, -0.2) is 37.7 Å². The third kappa shape index (κ3) is 2.64. The number of hydrogen-bond acceptors (Lipinski definition) is 2. The molecule has 2 heteroatoms. The van der Waals surface area contributed by atoms with Crippen LogP contribution in [0.1, 0.15) is 12.8 Å². The number of likely N-dealkylation sites (N-methyl/N-ethyl adjacent to an activating group) is 1. The van der Waals surface area contributed by atoms with Crippen LogP contribution in [0.3, 0.4) is 0 Å². The van der Waals surface area contributed by atoms with Crippen LogP contribution in [0, 0.1) is 0 Å². The minimum Gasteiger partial charge on any atom is -0.376 e. The molecule has 0 aromatic carbocycles. The van der Waals surface area contributed by atoms with Gasteiger partial charge in [0.05, 0.1) is 13.2 Å². The molecule has 0 amide bonds. The van der Waals surface area contributed by atoms with Gasteiger partial charge in [0.25, 0.3) is 0 Å². The number of likely N-dealkylation sites (tertiary alicyclic amines) is 1. The highest BCUT2D eigenvalue weighted by Gasteiger charge is 2.20. The van der Waals surface area contributed by atoms with Crippen molar-refractivity contribution in [1.82, 2.24) is 4.90 Å². The van der Waals surface area contributed by atoms with Crippen molar-refractivity contribution < 1.29 is 4.74 Å². The Kier molecular flexibility index (Phi) is 3.60. The summed E-state index contributed by atoms with van der Waals surface area (Å²) in [7, 11) is 2.16. The molecule has 0 saturated carbocycles. The van der Waals surface area contributed by atoms with Gasteiger partial charge in [0.1, 0.15) is 0 Å². The van der Waals surface area contributed by atoms with E-state index in [2.05, 4.69) is 18.5 Å². The molecule has 0 N–H and O–H groups in total. The fraction of sp³-hybridized carbons (Fsp3) is 0.778. The summed E-state index contributed by atoms with van der Waals surface area (Å²) in [5, 5.41) is 0. The summed E-state index contributed by atoms with van der Waals surface area (Å²) in [6, 6.07) is 0.648. The molecule has 0 bridgehead atoms. The lowest BCUT2D eigenvalue weighted by Gasteiger charge is -2.18. The van der Waals surface area contributed by atoms with E-state index in [0.29, 0.717) is 12.6 Å². The van der Waals surface area contributed by atoms with Crippen molar-refractivity contribution in [3.05, 3.63) is 12.7 Å². The van der Waals surface area contributed by atoms with Crippen LogP contribution in [0.25, 0.3) is 0 Å². The van der Waals surface area contributed by atoms with Gasteiger partial charge in [-0.05, 0) is 26.4 Å². The molecule has 0 aliphatic carbocycles. The van der Waals surface area contributed by atoms with Crippen molar-refractivity contribution in [3.63, 3.8) is 0 Å². The number of ether oxygens (including phenoxy) is 1. The Morgan fingerprint density at radius 2 is 2.55 bits per heavy atom. The Labute approximate surface area is 68.8 Å². The largest absolute Gasteiger partial charge is 0.376 e. The summed E-state index contributed by atoms with van der Waals surface area (Å²) < 4.78 is 5.38. The van der Waals surface area contributed by atoms with E-state index in [4.69, 9.17) is 4.74 Å². The Morgan fingerprint density at radius 1 is 1.73 bits per heavy atom. The van der Waals surface area contributed by atoms with Gasteiger partial charge >= 0.3 is 0 Å². The van der Waals surface area contributed by atoms with E-state index in [1.807, 2.05) is 0 Å². The lowest BCUT2D eigenvalue weighted by molar-refractivity contribution is 0.105. The molecule has 11 heavy (non-hydrogen) atoms. The van der Waals surface area contributed by atoms with Crippen molar-refractivity contribution in [2.75, 3.05) is 26.8 Å². The van der Waals surface area contributed by atoms with Crippen LogP contribution >= 0.6 is 0 Å². The molecule has 0 aromatic rings. The second-order valence-electron chi connectivity index (χ2n) is 3.10. The molecule has 1 atom stereocenters. The highest BCUT2D eigenvalue weighted by atomic mass is 16.5. The first-order valence-corrected chi connectivity index (χ1v) is 4.23. The van der Waals surface area contributed by atoms with Gasteiger partial charge in [-0.25, -0.2) is 0 Å². The molecule has 1 saturated heterocycles. The van der Waals surface area contributed by atoms with Crippen molar-refractivity contribution in [3.8, 4) is 0 Å². The fourth-order valence-corrected chi connectivity index (χ4v) is 1.48. The molecule has 1 heterocycles. The molecule has 0 unspecified atom stereocenters. The highest BCUT2D eigenvalue weighted by Crippen LogP contribution is 2.14. The first-order valence-electron chi connectivity index (χ1n) is 4.23. The molecular weight excluding hydrogens is 138 g/mol. The van der Waals surface area contributed by atoms with Crippen LogP contribution in [0.15, 0.2) is 12.7 Å². The van der Waals surface area contributed by atoms with E-state index in [1.54, 1.807) is 6.08 Å². The summed E-state index contributed by atoms with van der Waals surface area (Å²) in [6.45, 7) is 6.38. The van der Waals surface area contributed by atoms with E-state index in [-0.39, 0.29) is 0 Å². The molecule has 2 nitrogen and oxygen atoms in total. The zero-order valence-electron chi connectivity index (χ0n) is 7.25. The summed E-state index contributed by atoms with van der Waals surface area (Å²) in [4.78, 5) is 2.36. The molecule has 0 radical (unpaired) electrons. The molecule has 1 aliphatic rings. The second-order valence-corrected chi connectivity index (χ2v) is 3.10. The van der Waals surface area contributed by atoms with Gasteiger partial charge in [0.15, 0.2) is 0 Å². The number of hydrogen-bond donors (Lipinski definition) is 0. The molecule has 1 aliphatic heterocycles. The third-order valence-electron chi connectivity index (χ3n) is 2.22. The Bertz CT molecular complexity index is 125. The van der Waals surface area contributed by atoms with Crippen molar-refractivity contribution >= 4 is 0 Å². The number of rotatable bonds is 4. The van der Waals surface area contributed by atoms with E-state index >= 15 is 0 Å². The van der Waals surface area contributed by atoms with Crippen molar-refractivity contribution in [2.45, 2.75) is 18.9 Å². The SMILES string of the molecule is C=CCOC[C@@H]1CCCN1C. The highest BCUT2D eigenvalue weighted by molar-refractivity contribution is 4.76. The minimum atomic E-state index is 0.648. The van der Waals surface area contributed by atoms with Gasteiger partial charge in [0, 0.05) is 6.04 Å². The minimum absolute atomic E-state index is 0.648. The third-order valence-corrected chi connectivity index (χ3v) is 2.22. The molecule has 64 valence electrons. The Hall–Kier alpha value is -0.340. The van der Waals surface area contributed by atoms with Gasteiger partial charge in [-0.1, -0.05) is 6.08 Å². The fourth-order valence-electron chi connectivity index (χ4n) is 1.48. The van der Waals surface area contributed by atoms with Gasteiger partial charge in [0.2, 0.25) is 0 Å². The quantitative estimate of drug-likeness (QED) is 0.448. The van der Waals surface area contributed by atoms with E-state index in [9.17, 15) is 0 Å². The normalized spacial score (nSPS) is 25.7. The van der Waals surface area contributed by atoms with Crippen LogP contribution in [0.2, 0.25) is 0 Å². The van der Waals surface area contributed by atoms with E-state index in [1.165, 1.54) is 19.4 Å². The predicted octanol–water partition coefficient (Wildman–Crippen LogP) is 1.28. The summed E-state index contributed by atoms with van der Waals surface area (Å²) >= 11 is 0. The van der Waals surface area contributed by atoms with Crippen molar-refractivity contribution in [2.24, 2.45) is 0 Å². The first kappa shape index (κ1) is 8.75. The average molecular weight is 155 g/mol. The van der Waals surface area contributed by atoms with Gasteiger partial charge in [-0.2, -0.15) is 0 Å². The molecule has 0 aromatic heterocycles. The maximum Gasteiger partial charge on any atom is 0.0645 e. The Balaban J connectivity index is 2.10. The maximum atomic E-state index is 5.38. The van der Waals surface area contributed by atoms with Crippen LogP contribution < -0.4 is 0 Å². The smallest absolute Gasteiger partial charge is 0.0645 e. The molecule has 1 rings (SSSR count). The van der Waals surface area contributed by atoms with E-state index in [0.717, 1.165) is 6.61 Å². The zero-order valence-corrected chi connectivity index (χ0v) is 7.25. The lowest BCUT2D eigenvalue weighted by atomic mass is 10.2. The van der Waals surface area contributed by atoms with Gasteiger partial charge in [-0.3, -0.25) is 0 Å². The topological polar surface area (TPSA) is 12.5 Å². The number of nitrogens with zero attached hydrogens (tertiary/aromatic N) is 1. The second kappa shape index (κ2) is 4.52.